The van der Waals surface area contributed by atoms with Crippen LogP contribution in [0.4, 0.5) is 5.69 Å². The van der Waals surface area contributed by atoms with Crippen molar-refractivity contribution >= 4 is 17.7 Å². The maximum absolute atomic E-state index is 12.3. The lowest BCUT2D eigenvalue weighted by Crippen LogP contribution is -2.10. The molecule has 3 aromatic carbocycles. The van der Waals surface area contributed by atoms with Crippen LogP contribution in [-0.2, 0) is 4.79 Å². The molecule has 0 unspecified atom stereocenters. The van der Waals surface area contributed by atoms with E-state index in [1.54, 1.807) is 44.6 Å². The van der Waals surface area contributed by atoms with Gasteiger partial charge in [0.25, 0.3) is 0 Å². The molecule has 0 aliphatic carbocycles. The highest BCUT2D eigenvalue weighted by atomic mass is 16.5. The summed E-state index contributed by atoms with van der Waals surface area (Å²) in [4.78, 5) is 12.3. The van der Waals surface area contributed by atoms with Gasteiger partial charge in [-0.2, -0.15) is 0 Å². The first-order valence-electron chi connectivity index (χ1n) is 9.80. The molecule has 31 heavy (non-hydrogen) atoms. The average molecular weight is 419 g/mol. The van der Waals surface area contributed by atoms with Gasteiger partial charge in [-0.1, -0.05) is 30.3 Å². The quantitative estimate of drug-likeness (QED) is 0.377. The molecule has 0 radical (unpaired) electrons. The number of benzene rings is 3. The molecule has 0 fully saturated rings. The molecule has 0 aromatic heterocycles. The number of carbonyl (C=O) groups is 1. The van der Waals surface area contributed by atoms with Crippen molar-refractivity contribution in [1.82, 2.24) is 0 Å². The molecule has 3 rings (SSSR count). The minimum Gasteiger partial charge on any atom is -0.493 e. The Hall–Kier alpha value is -3.93. The van der Waals surface area contributed by atoms with Crippen LogP contribution in [0.1, 0.15) is 5.56 Å². The Bertz CT molecular complexity index is 1020. The Morgan fingerprint density at radius 1 is 0.806 bits per heavy atom. The van der Waals surface area contributed by atoms with Crippen molar-refractivity contribution in [2.45, 2.75) is 0 Å². The molecule has 6 heteroatoms. The molecule has 6 nitrogen and oxygen atoms in total. The average Bonchev–Trinajstić information content (AvgIpc) is 2.81. The number of hydrogen-bond acceptors (Lipinski definition) is 5. The van der Waals surface area contributed by atoms with Crippen molar-refractivity contribution < 1.29 is 23.7 Å². The number of nitrogens with one attached hydrogen (secondary N) is 1. The van der Waals surface area contributed by atoms with Gasteiger partial charge in [-0.25, -0.2) is 0 Å². The summed E-state index contributed by atoms with van der Waals surface area (Å²) in [5, 5.41) is 2.83. The molecule has 0 aliphatic heterocycles. The summed E-state index contributed by atoms with van der Waals surface area (Å²) >= 11 is 0. The number of methoxy groups -OCH3 is 2. The van der Waals surface area contributed by atoms with Crippen LogP contribution in [0.2, 0.25) is 0 Å². The Morgan fingerprint density at radius 2 is 1.52 bits per heavy atom. The Balaban J connectivity index is 1.50. The zero-order valence-corrected chi connectivity index (χ0v) is 17.5. The number of carbonyl (C=O) groups excluding carboxylic acids is 1. The minimum atomic E-state index is -0.251. The Morgan fingerprint density at radius 3 is 2.26 bits per heavy atom. The molecule has 1 N–H and O–H groups in total. The predicted octanol–water partition coefficient (Wildman–Crippen LogP) is 4.81. The van der Waals surface area contributed by atoms with Crippen LogP contribution in [0.5, 0.6) is 23.0 Å². The number of hydrogen-bond donors (Lipinski definition) is 1. The van der Waals surface area contributed by atoms with E-state index in [2.05, 4.69) is 5.32 Å². The molecule has 1 amide bonds. The van der Waals surface area contributed by atoms with Crippen molar-refractivity contribution in [3.05, 3.63) is 84.4 Å². The maximum atomic E-state index is 12.3. The second-order valence-corrected chi connectivity index (χ2v) is 6.47. The molecule has 0 aliphatic rings. The number of amides is 1. The highest BCUT2D eigenvalue weighted by Crippen LogP contribution is 2.28. The number of anilines is 1. The monoisotopic (exact) mass is 419 g/mol. The lowest BCUT2D eigenvalue weighted by molar-refractivity contribution is -0.111. The highest BCUT2D eigenvalue weighted by Gasteiger charge is 2.04. The van der Waals surface area contributed by atoms with Gasteiger partial charge in [0.2, 0.25) is 5.91 Å². The zero-order valence-electron chi connectivity index (χ0n) is 17.5. The summed E-state index contributed by atoms with van der Waals surface area (Å²) in [6.45, 7) is 0.820. The maximum Gasteiger partial charge on any atom is 0.248 e. The highest BCUT2D eigenvalue weighted by molar-refractivity contribution is 6.02. The molecule has 0 saturated heterocycles. The molecule has 0 heterocycles. The van der Waals surface area contributed by atoms with E-state index in [0.29, 0.717) is 36.1 Å². The van der Waals surface area contributed by atoms with E-state index in [9.17, 15) is 4.79 Å². The van der Waals surface area contributed by atoms with E-state index < -0.39 is 0 Å². The van der Waals surface area contributed by atoms with Gasteiger partial charge in [0.15, 0.2) is 11.5 Å². The summed E-state index contributed by atoms with van der Waals surface area (Å²) in [6.07, 6.45) is 3.17. The van der Waals surface area contributed by atoms with E-state index in [4.69, 9.17) is 18.9 Å². The van der Waals surface area contributed by atoms with Crippen LogP contribution in [0.25, 0.3) is 6.08 Å². The third kappa shape index (κ3) is 6.82. The van der Waals surface area contributed by atoms with Gasteiger partial charge >= 0.3 is 0 Å². The minimum absolute atomic E-state index is 0.251. The van der Waals surface area contributed by atoms with Crippen molar-refractivity contribution in [3.8, 4) is 23.0 Å². The third-order valence-corrected chi connectivity index (χ3v) is 4.30. The predicted molar refractivity (Wildman–Crippen MR) is 121 cm³/mol. The standard InChI is InChI=1S/C25H25NO5/c1-28-23-13-11-19(17-24(23)29-2)12-14-25(27)26-20-7-6-10-22(18-20)31-16-15-30-21-8-4-3-5-9-21/h3-14,17-18H,15-16H2,1-2H3,(H,26,27)/b14-12+. The molecule has 3 aromatic rings. The first kappa shape index (κ1) is 21.8. The lowest BCUT2D eigenvalue weighted by atomic mass is 10.2. The molecule has 160 valence electrons. The molecule has 0 spiro atoms. The van der Waals surface area contributed by atoms with E-state index in [1.807, 2.05) is 48.5 Å². The summed E-state index contributed by atoms with van der Waals surface area (Å²) in [6, 6.07) is 22.2. The van der Waals surface area contributed by atoms with E-state index >= 15 is 0 Å². The fourth-order valence-corrected chi connectivity index (χ4v) is 2.81. The second kappa shape index (κ2) is 11.3. The first-order valence-corrected chi connectivity index (χ1v) is 9.80. The van der Waals surface area contributed by atoms with Crippen molar-refractivity contribution in [1.29, 1.82) is 0 Å². The topological polar surface area (TPSA) is 66.0 Å². The molecule has 0 atom stereocenters. The number of rotatable bonds is 10. The zero-order chi connectivity index (χ0) is 21.9. The van der Waals surface area contributed by atoms with Gasteiger partial charge in [-0.3, -0.25) is 4.79 Å². The van der Waals surface area contributed by atoms with E-state index in [0.717, 1.165) is 11.3 Å². The third-order valence-electron chi connectivity index (χ3n) is 4.30. The van der Waals surface area contributed by atoms with E-state index in [1.165, 1.54) is 6.08 Å². The molecular formula is C25H25NO5. The first-order chi connectivity index (χ1) is 15.2. The number of ether oxygens (including phenoxy) is 4. The van der Waals surface area contributed by atoms with Gasteiger partial charge in [-0.05, 0) is 48.0 Å². The van der Waals surface area contributed by atoms with E-state index in [-0.39, 0.29) is 5.91 Å². The molecule has 0 saturated carbocycles. The van der Waals surface area contributed by atoms with Crippen LogP contribution in [-0.4, -0.2) is 33.3 Å². The smallest absolute Gasteiger partial charge is 0.248 e. The Labute approximate surface area is 182 Å². The summed E-state index contributed by atoms with van der Waals surface area (Å²) in [7, 11) is 3.15. The van der Waals surface area contributed by atoms with Crippen molar-refractivity contribution in [2.75, 3.05) is 32.8 Å². The van der Waals surface area contributed by atoms with Gasteiger partial charge < -0.3 is 24.3 Å². The van der Waals surface area contributed by atoms with Gasteiger partial charge in [-0.15, -0.1) is 0 Å². The number of para-hydroxylation sites is 1. The lowest BCUT2D eigenvalue weighted by Gasteiger charge is -2.10. The summed E-state index contributed by atoms with van der Waals surface area (Å²) in [5.41, 5.74) is 1.46. The fourth-order valence-electron chi connectivity index (χ4n) is 2.81. The van der Waals surface area contributed by atoms with Crippen LogP contribution in [0, 0.1) is 0 Å². The van der Waals surface area contributed by atoms with Crippen LogP contribution in [0.3, 0.4) is 0 Å². The summed E-state index contributed by atoms with van der Waals surface area (Å²) < 4.78 is 21.8. The largest absolute Gasteiger partial charge is 0.493 e. The van der Waals surface area contributed by atoms with Crippen LogP contribution in [0.15, 0.2) is 78.9 Å². The van der Waals surface area contributed by atoms with Gasteiger partial charge in [0.05, 0.1) is 14.2 Å². The van der Waals surface area contributed by atoms with Crippen molar-refractivity contribution in [3.63, 3.8) is 0 Å². The Kier molecular flexibility index (Phi) is 7.94. The second-order valence-electron chi connectivity index (χ2n) is 6.47. The van der Waals surface area contributed by atoms with Gasteiger partial charge in [0.1, 0.15) is 24.7 Å². The van der Waals surface area contributed by atoms with Gasteiger partial charge in [0, 0.05) is 17.8 Å². The fraction of sp³-hybridized carbons (Fsp3) is 0.160. The normalized spacial score (nSPS) is 10.5. The SMILES string of the molecule is COc1ccc(/C=C/C(=O)Nc2cccc(OCCOc3ccccc3)c2)cc1OC. The molecular weight excluding hydrogens is 394 g/mol. The van der Waals surface area contributed by atoms with Crippen molar-refractivity contribution in [2.24, 2.45) is 0 Å². The summed E-state index contributed by atoms with van der Waals surface area (Å²) in [5.74, 6) is 2.44. The van der Waals surface area contributed by atoms with Crippen LogP contribution < -0.4 is 24.3 Å². The molecule has 0 bridgehead atoms. The van der Waals surface area contributed by atoms with Crippen LogP contribution >= 0.6 is 0 Å².